The minimum atomic E-state index is -1.68. The summed E-state index contributed by atoms with van der Waals surface area (Å²) in [6.07, 6.45) is -1.17. The van der Waals surface area contributed by atoms with Gasteiger partial charge in [0.05, 0.1) is 19.1 Å². The molecule has 1 aromatic carbocycles. The van der Waals surface area contributed by atoms with Gasteiger partial charge in [-0.1, -0.05) is 26.0 Å². The average molecular weight is 993 g/mol. The molecule has 0 saturated carbocycles. The van der Waals surface area contributed by atoms with Crippen LogP contribution in [-0.2, 0) is 54.4 Å². The standard InChI is InChI=1S/C43H68N12O15/c1-22(2)34(42(69)70)54-38(65)26(7-3-4-16-44)50-37(64)28(14-15-32(58)59)51-39(66)29(19-23-10-12-24(57)13-11-23)52-40(67)31-9-6-18-55(31)41(68)30(21-56)53-36(63)27(8-5-17-48-43(46)47)49-35(62)25(45)20-33(60)61/h10-13,22,25-31,34,56-57H,3-9,14-21,44-45H2,1-2H3,(H,49,62)(H,50,64)(H,51,66)(H,52,67)(H,53,63)(H,54,65)(H,58,59)(H,60,61)(H,69,70)(H4,46,47,48)/t25-,26-,27-,28-,29-,30-,31-,34-/m0/s1. The van der Waals surface area contributed by atoms with E-state index in [1.54, 1.807) is 13.8 Å². The Labute approximate surface area is 403 Å². The second-order valence-electron chi connectivity index (χ2n) is 17.0. The van der Waals surface area contributed by atoms with Crippen LogP contribution in [0.1, 0.15) is 83.6 Å². The number of aliphatic hydroxyl groups excluding tert-OH is 1. The van der Waals surface area contributed by atoms with E-state index in [2.05, 4.69) is 36.9 Å². The highest BCUT2D eigenvalue weighted by atomic mass is 16.4. The zero-order chi connectivity index (χ0) is 52.7. The number of nitrogens with two attached hydrogens (primary N) is 4. The molecule has 1 fully saturated rings. The molecule has 27 nitrogen and oxygen atoms in total. The molecular formula is C43H68N12O15. The Morgan fingerprint density at radius 2 is 1.26 bits per heavy atom. The molecule has 0 unspecified atom stereocenters. The smallest absolute Gasteiger partial charge is 0.326 e. The SMILES string of the molecule is CC(C)[C@H](NC(=O)[C@H](CCCCN)NC(=O)[C@H](CCC(=O)O)NC(=O)[C@H](Cc1ccc(O)cc1)NC(=O)[C@@H]1CCCN1C(=O)[C@H](CO)NC(=O)[C@H](CCCN=C(N)N)NC(=O)[C@@H](N)CC(=O)O)C(=O)O. The number of phenols is 1. The second kappa shape index (κ2) is 29.7. The number of nitrogens with zero attached hydrogens (tertiary/aromatic N) is 2. The van der Waals surface area contributed by atoms with Crippen LogP contribution in [0.4, 0.5) is 0 Å². The monoisotopic (exact) mass is 992 g/mol. The molecule has 0 spiro atoms. The van der Waals surface area contributed by atoms with Crippen molar-refractivity contribution in [2.75, 3.05) is 26.2 Å². The largest absolute Gasteiger partial charge is 0.508 e. The summed E-state index contributed by atoms with van der Waals surface area (Å²) in [7, 11) is 0. The summed E-state index contributed by atoms with van der Waals surface area (Å²) in [5, 5.41) is 63.1. The molecule has 0 aromatic heterocycles. The molecule has 1 aliphatic heterocycles. The molecule has 0 aliphatic carbocycles. The number of nitrogens with one attached hydrogen (secondary N) is 6. The van der Waals surface area contributed by atoms with Gasteiger partial charge in [-0.05, 0) is 81.5 Å². The molecule has 1 aliphatic rings. The van der Waals surface area contributed by atoms with E-state index in [4.69, 9.17) is 28.0 Å². The molecule has 7 amide bonds. The number of aromatic hydroxyl groups is 1. The van der Waals surface area contributed by atoms with E-state index >= 15 is 0 Å². The lowest BCUT2D eigenvalue weighted by atomic mass is 10.0. The molecule has 1 heterocycles. The molecule has 19 N–H and O–H groups in total. The van der Waals surface area contributed by atoms with Crippen LogP contribution in [0.3, 0.4) is 0 Å². The van der Waals surface area contributed by atoms with Gasteiger partial charge in [0.1, 0.15) is 48.0 Å². The number of aliphatic imine (C=N–C) groups is 1. The van der Waals surface area contributed by atoms with Gasteiger partial charge in [-0.15, -0.1) is 0 Å². The third kappa shape index (κ3) is 20.2. The number of phenolic OH excluding ortho intramolecular Hbond substituents is 1. The normalized spacial score (nSPS) is 16.2. The maximum Gasteiger partial charge on any atom is 0.326 e. The van der Waals surface area contributed by atoms with Crippen molar-refractivity contribution < 1.29 is 73.5 Å². The van der Waals surface area contributed by atoms with Crippen LogP contribution < -0.4 is 54.8 Å². The van der Waals surface area contributed by atoms with E-state index in [1.165, 1.54) is 24.3 Å². The lowest BCUT2D eigenvalue weighted by Crippen LogP contribution is -2.60. The van der Waals surface area contributed by atoms with Gasteiger partial charge >= 0.3 is 17.9 Å². The van der Waals surface area contributed by atoms with Gasteiger partial charge in [-0.3, -0.25) is 48.1 Å². The van der Waals surface area contributed by atoms with Crippen molar-refractivity contribution in [1.82, 2.24) is 36.8 Å². The van der Waals surface area contributed by atoms with Crippen molar-refractivity contribution in [3.05, 3.63) is 29.8 Å². The number of aliphatic carboxylic acids is 3. The summed E-state index contributed by atoms with van der Waals surface area (Å²) in [5.74, 6) is -11.6. The van der Waals surface area contributed by atoms with Gasteiger partial charge in [0.2, 0.25) is 41.4 Å². The Morgan fingerprint density at radius 3 is 1.79 bits per heavy atom. The molecule has 390 valence electrons. The summed E-state index contributed by atoms with van der Waals surface area (Å²) in [5.41, 5.74) is 22.4. The maximum absolute atomic E-state index is 14.2. The molecule has 1 saturated heterocycles. The summed E-state index contributed by atoms with van der Waals surface area (Å²) >= 11 is 0. The Bertz CT molecular complexity index is 2020. The summed E-state index contributed by atoms with van der Waals surface area (Å²) in [4.78, 5) is 135. The highest BCUT2D eigenvalue weighted by Crippen LogP contribution is 2.20. The molecule has 2 rings (SSSR count). The first kappa shape index (κ1) is 59.0. The van der Waals surface area contributed by atoms with Crippen LogP contribution in [0.15, 0.2) is 29.3 Å². The summed E-state index contributed by atoms with van der Waals surface area (Å²) < 4.78 is 0. The minimum Gasteiger partial charge on any atom is -0.508 e. The highest BCUT2D eigenvalue weighted by Gasteiger charge is 2.40. The van der Waals surface area contributed by atoms with E-state index in [9.17, 15) is 68.4 Å². The number of carboxylic acids is 3. The quantitative estimate of drug-likeness (QED) is 0.0189. The first-order chi connectivity index (χ1) is 33.0. The number of rotatable bonds is 31. The molecule has 0 bridgehead atoms. The number of hydrogen-bond acceptors (Lipinski definition) is 15. The number of unbranched alkanes of at least 4 members (excludes halogenated alkanes) is 1. The fraction of sp³-hybridized carbons (Fsp3) is 0.605. The molecule has 0 radical (unpaired) electrons. The predicted octanol–water partition coefficient (Wildman–Crippen LogP) is -4.58. The summed E-state index contributed by atoms with van der Waals surface area (Å²) in [6, 6.07) is -6.27. The van der Waals surface area contributed by atoms with Crippen molar-refractivity contribution in [2.45, 2.75) is 133 Å². The Balaban J connectivity index is 2.42. The van der Waals surface area contributed by atoms with Crippen molar-refractivity contribution in [3.63, 3.8) is 0 Å². The zero-order valence-electron chi connectivity index (χ0n) is 39.1. The minimum absolute atomic E-state index is 0.00306. The molecule has 70 heavy (non-hydrogen) atoms. The third-order valence-corrected chi connectivity index (χ3v) is 11.0. The molecule has 8 atom stereocenters. The first-order valence-corrected chi connectivity index (χ1v) is 22.7. The van der Waals surface area contributed by atoms with E-state index < -0.39 is 139 Å². The van der Waals surface area contributed by atoms with E-state index in [1.807, 2.05) is 0 Å². The van der Waals surface area contributed by atoms with Gasteiger partial charge in [0.25, 0.3) is 0 Å². The predicted molar refractivity (Wildman–Crippen MR) is 248 cm³/mol. The fourth-order valence-corrected chi connectivity index (χ4v) is 7.25. The highest BCUT2D eigenvalue weighted by molar-refractivity contribution is 5.98. The van der Waals surface area contributed by atoms with E-state index in [0.717, 1.165) is 4.90 Å². The van der Waals surface area contributed by atoms with Crippen LogP contribution in [0, 0.1) is 5.92 Å². The van der Waals surface area contributed by atoms with Crippen LogP contribution in [0.25, 0.3) is 0 Å². The number of likely N-dealkylation sites (tertiary alicyclic amines) is 1. The number of benzene rings is 1. The van der Waals surface area contributed by atoms with Crippen LogP contribution in [0.5, 0.6) is 5.75 Å². The lowest BCUT2D eigenvalue weighted by Gasteiger charge is -2.30. The van der Waals surface area contributed by atoms with Gasteiger partial charge in [0.15, 0.2) is 5.96 Å². The van der Waals surface area contributed by atoms with E-state index in [-0.39, 0.29) is 69.9 Å². The maximum atomic E-state index is 14.2. The number of hydrogen-bond donors (Lipinski definition) is 15. The number of carbonyl (C=O) groups is 10. The van der Waals surface area contributed by atoms with Crippen molar-refractivity contribution >= 4 is 65.2 Å². The number of amides is 7. The average Bonchev–Trinajstić information content (AvgIpc) is 3.79. The fourth-order valence-electron chi connectivity index (χ4n) is 7.25. The van der Waals surface area contributed by atoms with Gasteiger partial charge in [-0.2, -0.15) is 0 Å². The topological polar surface area (TPSA) is 464 Å². The van der Waals surface area contributed by atoms with Gasteiger partial charge in [-0.25, -0.2) is 4.79 Å². The summed E-state index contributed by atoms with van der Waals surface area (Å²) in [6.45, 7) is 2.35. The third-order valence-electron chi connectivity index (χ3n) is 11.0. The van der Waals surface area contributed by atoms with Gasteiger partial charge in [0, 0.05) is 25.9 Å². The van der Waals surface area contributed by atoms with E-state index in [0.29, 0.717) is 18.4 Å². The molecule has 1 aromatic rings. The van der Waals surface area contributed by atoms with Crippen LogP contribution in [-0.4, -0.2) is 170 Å². The number of carbonyl (C=O) groups excluding carboxylic acids is 7. The van der Waals surface area contributed by atoms with Crippen LogP contribution in [0.2, 0.25) is 0 Å². The lowest BCUT2D eigenvalue weighted by molar-refractivity contribution is -0.144. The van der Waals surface area contributed by atoms with Crippen molar-refractivity contribution in [3.8, 4) is 5.75 Å². The Hall–Kier alpha value is -7.13. The van der Waals surface area contributed by atoms with Gasteiger partial charge < -0.3 is 85.3 Å². The van der Waals surface area contributed by atoms with Crippen molar-refractivity contribution in [1.29, 1.82) is 0 Å². The number of aliphatic hydroxyl groups is 1. The molecular weight excluding hydrogens is 925 g/mol. The first-order valence-electron chi connectivity index (χ1n) is 22.7. The van der Waals surface area contributed by atoms with Crippen LogP contribution >= 0.6 is 0 Å². The second-order valence-corrected chi connectivity index (χ2v) is 17.0. The Kier molecular flexibility index (Phi) is 25.0. The zero-order valence-corrected chi connectivity index (χ0v) is 39.1. The number of guanidine groups is 1. The van der Waals surface area contributed by atoms with Crippen molar-refractivity contribution in [2.24, 2.45) is 33.8 Å². The molecule has 27 heteroatoms. The number of carboxylic acid groups (broad SMARTS) is 3. The Morgan fingerprint density at radius 1 is 0.714 bits per heavy atom.